The standard InChI is InChI=1S/C20H24N2O3.ClH/c1-13-5-3-4-6-17(13)15-9-16-12-22(20(24)14(2)11-21)7-8-25-19(16)18(23)10-15;/h3-6,9-10,14,23H,7-8,11-12,21H2,1-2H3;1H. The molecule has 1 aliphatic heterocycles. The maximum Gasteiger partial charge on any atom is 0.227 e. The molecule has 26 heavy (non-hydrogen) atoms. The summed E-state index contributed by atoms with van der Waals surface area (Å²) >= 11 is 0. The summed E-state index contributed by atoms with van der Waals surface area (Å²) in [4.78, 5) is 14.3. The molecular weight excluding hydrogens is 352 g/mol. The normalized spacial score (nSPS) is 14.5. The van der Waals surface area contributed by atoms with Crippen LogP contribution in [0.15, 0.2) is 36.4 Å². The second kappa shape index (κ2) is 8.43. The molecule has 0 spiro atoms. The summed E-state index contributed by atoms with van der Waals surface area (Å²) in [5, 5.41) is 10.4. The number of aryl methyl sites for hydroxylation is 1. The van der Waals surface area contributed by atoms with Crippen molar-refractivity contribution in [2.24, 2.45) is 11.7 Å². The molecule has 0 saturated heterocycles. The summed E-state index contributed by atoms with van der Waals surface area (Å²) in [6.45, 7) is 5.43. The van der Waals surface area contributed by atoms with Gasteiger partial charge in [0.15, 0.2) is 11.5 Å². The minimum atomic E-state index is -0.227. The molecule has 0 bridgehead atoms. The van der Waals surface area contributed by atoms with Crippen LogP contribution in [0.25, 0.3) is 11.1 Å². The predicted molar refractivity (Wildman–Crippen MR) is 105 cm³/mol. The Kier molecular flexibility index (Phi) is 6.51. The van der Waals surface area contributed by atoms with Gasteiger partial charge in [0.2, 0.25) is 5.91 Å². The van der Waals surface area contributed by atoms with Gasteiger partial charge in [-0.3, -0.25) is 4.79 Å². The lowest BCUT2D eigenvalue weighted by Crippen LogP contribution is -2.38. The molecule has 0 saturated carbocycles. The molecule has 0 aromatic heterocycles. The van der Waals surface area contributed by atoms with Crippen molar-refractivity contribution in [3.63, 3.8) is 0 Å². The molecule has 6 heteroatoms. The Morgan fingerprint density at radius 1 is 1.35 bits per heavy atom. The second-order valence-corrected chi connectivity index (χ2v) is 6.54. The number of hydrogen-bond donors (Lipinski definition) is 2. The van der Waals surface area contributed by atoms with Crippen LogP contribution in [-0.2, 0) is 11.3 Å². The highest BCUT2D eigenvalue weighted by Gasteiger charge is 2.25. The van der Waals surface area contributed by atoms with Gasteiger partial charge in [0.05, 0.1) is 6.54 Å². The molecule has 2 aromatic rings. The summed E-state index contributed by atoms with van der Waals surface area (Å²) in [5.41, 5.74) is 9.54. The fourth-order valence-electron chi connectivity index (χ4n) is 3.15. The highest BCUT2D eigenvalue weighted by Crippen LogP contribution is 2.38. The molecule has 3 N–H and O–H groups in total. The third-order valence-corrected chi connectivity index (χ3v) is 4.66. The molecule has 1 aliphatic rings. The van der Waals surface area contributed by atoms with E-state index in [0.29, 0.717) is 32.0 Å². The lowest BCUT2D eigenvalue weighted by atomic mass is 9.97. The van der Waals surface area contributed by atoms with E-state index in [4.69, 9.17) is 10.5 Å². The van der Waals surface area contributed by atoms with Crippen molar-refractivity contribution in [1.82, 2.24) is 4.90 Å². The molecule has 1 heterocycles. The first-order valence-corrected chi connectivity index (χ1v) is 8.54. The van der Waals surface area contributed by atoms with E-state index in [1.807, 2.05) is 44.2 Å². The zero-order valence-electron chi connectivity index (χ0n) is 15.1. The Morgan fingerprint density at radius 3 is 2.77 bits per heavy atom. The van der Waals surface area contributed by atoms with Gasteiger partial charge in [0.25, 0.3) is 0 Å². The number of hydrogen-bond acceptors (Lipinski definition) is 4. The summed E-state index contributed by atoms with van der Waals surface area (Å²) in [5.74, 6) is 0.361. The number of phenolic OH excluding ortho intramolecular Hbond substituents is 1. The highest BCUT2D eigenvalue weighted by atomic mass is 35.5. The lowest BCUT2D eigenvalue weighted by molar-refractivity contribution is -0.135. The number of halogens is 1. The predicted octanol–water partition coefficient (Wildman–Crippen LogP) is 3.11. The Labute approximate surface area is 160 Å². The number of nitrogens with zero attached hydrogens (tertiary/aromatic N) is 1. The first-order valence-electron chi connectivity index (χ1n) is 8.54. The Balaban J connectivity index is 0.00000243. The van der Waals surface area contributed by atoms with E-state index in [2.05, 4.69) is 0 Å². The number of aromatic hydroxyl groups is 1. The van der Waals surface area contributed by atoms with Crippen LogP contribution in [0.4, 0.5) is 0 Å². The molecule has 2 aromatic carbocycles. The fraction of sp³-hybridized carbons (Fsp3) is 0.350. The van der Waals surface area contributed by atoms with Crippen LogP contribution < -0.4 is 10.5 Å². The highest BCUT2D eigenvalue weighted by molar-refractivity contribution is 5.85. The maximum atomic E-state index is 12.5. The minimum absolute atomic E-state index is 0. The van der Waals surface area contributed by atoms with Crippen molar-refractivity contribution in [3.05, 3.63) is 47.5 Å². The van der Waals surface area contributed by atoms with E-state index in [1.165, 1.54) is 0 Å². The topological polar surface area (TPSA) is 75.8 Å². The van der Waals surface area contributed by atoms with E-state index in [-0.39, 0.29) is 30.0 Å². The number of ether oxygens (including phenoxy) is 1. The van der Waals surface area contributed by atoms with Crippen molar-refractivity contribution in [2.45, 2.75) is 20.4 Å². The van der Waals surface area contributed by atoms with E-state index in [9.17, 15) is 9.90 Å². The van der Waals surface area contributed by atoms with Crippen LogP contribution in [0.3, 0.4) is 0 Å². The third kappa shape index (κ3) is 3.94. The van der Waals surface area contributed by atoms with Gasteiger partial charge < -0.3 is 20.5 Å². The Morgan fingerprint density at radius 2 is 2.08 bits per heavy atom. The number of nitrogens with two attached hydrogens (primary N) is 1. The number of benzene rings is 2. The van der Waals surface area contributed by atoms with Crippen LogP contribution in [0, 0.1) is 12.8 Å². The van der Waals surface area contributed by atoms with Crippen LogP contribution in [0.2, 0.25) is 0 Å². The first kappa shape index (κ1) is 20.1. The molecular formula is C20H25ClN2O3. The molecule has 1 amide bonds. The van der Waals surface area contributed by atoms with Gasteiger partial charge in [-0.1, -0.05) is 31.2 Å². The van der Waals surface area contributed by atoms with Crippen molar-refractivity contribution >= 4 is 18.3 Å². The van der Waals surface area contributed by atoms with Gasteiger partial charge in [-0.15, -0.1) is 12.4 Å². The number of rotatable bonds is 3. The average molecular weight is 377 g/mol. The molecule has 5 nitrogen and oxygen atoms in total. The molecule has 1 unspecified atom stereocenters. The van der Waals surface area contributed by atoms with Crippen molar-refractivity contribution in [1.29, 1.82) is 0 Å². The van der Waals surface area contributed by atoms with E-state index in [0.717, 1.165) is 22.3 Å². The van der Waals surface area contributed by atoms with Gasteiger partial charge in [-0.2, -0.15) is 0 Å². The smallest absolute Gasteiger partial charge is 0.227 e. The number of phenols is 1. The summed E-state index contributed by atoms with van der Waals surface area (Å²) in [6.07, 6.45) is 0. The van der Waals surface area contributed by atoms with Crippen LogP contribution >= 0.6 is 12.4 Å². The van der Waals surface area contributed by atoms with Gasteiger partial charge in [-0.25, -0.2) is 0 Å². The van der Waals surface area contributed by atoms with Gasteiger partial charge >= 0.3 is 0 Å². The summed E-state index contributed by atoms with van der Waals surface area (Å²) in [7, 11) is 0. The van der Waals surface area contributed by atoms with Gasteiger partial charge in [0.1, 0.15) is 6.61 Å². The molecule has 0 radical (unpaired) electrons. The summed E-state index contributed by atoms with van der Waals surface area (Å²) < 4.78 is 5.72. The summed E-state index contributed by atoms with van der Waals surface area (Å²) in [6, 6.07) is 11.7. The molecule has 0 aliphatic carbocycles. The number of carbonyl (C=O) groups is 1. The van der Waals surface area contributed by atoms with Crippen LogP contribution in [-0.4, -0.2) is 35.6 Å². The van der Waals surface area contributed by atoms with Crippen LogP contribution in [0.1, 0.15) is 18.1 Å². The van der Waals surface area contributed by atoms with Crippen molar-refractivity contribution in [2.75, 3.05) is 19.7 Å². The molecule has 140 valence electrons. The second-order valence-electron chi connectivity index (χ2n) is 6.54. The minimum Gasteiger partial charge on any atom is -0.504 e. The number of carbonyl (C=O) groups excluding carboxylic acids is 1. The third-order valence-electron chi connectivity index (χ3n) is 4.66. The monoisotopic (exact) mass is 376 g/mol. The maximum absolute atomic E-state index is 12.5. The van der Waals surface area contributed by atoms with Gasteiger partial charge in [0, 0.05) is 24.6 Å². The zero-order chi connectivity index (χ0) is 18.0. The van der Waals surface area contributed by atoms with E-state index < -0.39 is 0 Å². The van der Waals surface area contributed by atoms with Crippen molar-refractivity contribution < 1.29 is 14.6 Å². The SMILES string of the molecule is Cc1ccccc1-c1cc(O)c2c(c1)CN(C(=O)C(C)CN)CCO2.Cl. The first-order chi connectivity index (χ1) is 12.0. The molecule has 0 fully saturated rings. The molecule has 1 atom stereocenters. The molecule has 3 rings (SSSR count). The average Bonchev–Trinajstić information content (AvgIpc) is 2.83. The largest absolute Gasteiger partial charge is 0.504 e. The van der Waals surface area contributed by atoms with E-state index >= 15 is 0 Å². The quantitative estimate of drug-likeness (QED) is 0.863. The Hall–Kier alpha value is -2.24. The zero-order valence-corrected chi connectivity index (χ0v) is 15.9. The number of fused-ring (bicyclic) bond motifs is 1. The van der Waals surface area contributed by atoms with Gasteiger partial charge in [-0.05, 0) is 35.7 Å². The lowest BCUT2D eigenvalue weighted by Gasteiger charge is -2.23. The van der Waals surface area contributed by atoms with Crippen molar-refractivity contribution in [3.8, 4) is 22.6 Å². The number of amides is 1. The van der Waals surface area contributed by atoms with Crippen LogP contribution in [0.5, 0.6) is 11.5 Å². The van der Waals surface area contributed by atoms with E-state index in [1.54, 1.807) is 11.0 Å². The fourth-order valence-corrected chi connectivity index (χ4v) is 3.15. The Bertz CT molecular complexity index is 795.